The third kappa shape index (κ3) is 10.7. The fraction of sp³-hybridized carbons (Fsp3) is 0.533. The zero-order chi connectivity index (χ0) is 28.6. The number of fused-ring (bicyclic) bond motifs is 1. The van der Waals surface area contributed by atoms with Crippen molar-refractivity contribution in [3.8, 4) is 0 Å². The normalized spacial score (nSPS) is 11.6. The first kappa shape index (κ1) is 41.2. The van der Waals surface area contributed by atoms with Crippen LogP contribution < -0.4 is 22.1 Å². The Kier molecular flexibility index (Phi) is 19.4. The highest BCUT2D eigenvalue weighted by Crippen LogP contribution is 2.32. The van der Waals surface area contributed by atoms with Gasteiger partial charge in [-0.3, -0.25) is 9.59 Å². The number of nitrogens with two attached hydrogens (primary N) is 2. The summed E-state index contributed by atoms with van der Waals surface area (Å²) in [5.74, 6) is 10.3. The second-order valence-electron chi connectivity index (χ2n) is 10.0. The van der Waals surface area contributed by atoms with Crippen molar-refractivity contribution in [1.29, 1.82) is 0 Å². The lowest BCUT2D eigenvalue weighted by Gasteiger charge is -2.20. The summed E-state index contributed by atoms with van der Waals surface area (Å²) in [4.78, 5) is 28.3. The smallest absolute Gasteiger partial charge is 0.296 e. The Hall–Kier alpha value is -1.91. The summed E-state index contributed by atoms with van der Waals surface area (Å²) in [7, 11) is 0. The van der Waals surface area contributed by atoms with Crippen LogP contribution in [0, 0.1) is 27.7 Å². The highest BCUT2D eigenvalue weighted by atomic mass is 35.5. The molecule has 0 bridgehead atoms. The molecule has 0 fully saturated rings. The molecule has 0 saturated heterocycles. The molecule has 0 unspecified atom stereocenters. The maximum Gasteiger partial charge on any atom is 0.296 e. The topological polar surface area (TPSA) is 108 Å². The van der Waals surface area contributed by atoms with E-state index in [1.165, 1.54) is 16.2 Å². The van der Waals surface area contributed by atoms with Crippen LogP contribution in [0.3, 0.4) is 0 Å². The molecule has 1 heterocycles. The van der Waals surface area contributed by atoms with Gasteiger partial charge in [-0.05, 0) is 106 Å². The maximum absolute atomic E-state index is 11.9. The van der Waals surface area contributed by atoms with Crippen LogP contribution in [0.5, 0.6) is 0 Å². The molecular formula is C30H51Cl3N6O2. The summed E-state index contributed by atoms with van der Waals surface area (Å²) in [6.45, 7) is 23.1. The van der Waals surface area contributed by atoms with Crippen molar-refractivity contribution >= 4 is 60.3 Å². The Bertz CT molecular complexity index is 1140. The molecule has 1 aliphatic rings. The van der Waals surface area contributed by atoms with Gasteiger partial charge in [0.05, 0.1) is 16.9 Å². The van der Waals surface area contributed by atoms with Crippen LogP contribution >= 0.6 is 37.2 Å². The average Bonchev–Trinajstić information content (AvgIpc) is 3.20. The number of aryl methyl sites for hydroxylation is 3. The Morgan fingerprint density at radius 2 is 1.15 bits per heavy atom. The van der Waals surface area contributed by atoms with Gasteiger partial charge in [0.15, 0.2) is 0 Å². The molecule has 0 aliphatic carbocycles. The predicted molar refractivity (Wildman–Crippen MR) is 180 cm³/mol. The first-order valence-corrected chi connectivity index (χ1v) is 13.8. The predicted octanol–water partition coefficient (Wildman–Crippen LogP) is 5.33. The molecule has 0 aromatic heterocycles. The van der Waals surface area contributed by atoms with Gasteiger partial charge >= 0.3 is 0 Å². The van der Waals surface area contributed by atoms with Crippen LogP contribution in [0.1, 0.15) is 71.4 Å². The van der Waals surface area contributed by atoms with E-state index >= 15 is 0 Å². The van der Waals surface area contributed by atoms with E-state index in [-0.39, 0.29) is 37.2 Å². The number of hydrogen-bond donors (Lipinski definition) is 3. The quantitative estimate of drug-likeness (QED) is 0.174. The number of hydrazine groups is 2. The number of halogens is 3. The summed E-state index contributed by atoms with van der Waals surface area (Å²) in [5.41, 5.74) is 9.00. The zero-order valence-corrected chi connectivity index (χ0v) is 28.4. The number of rotatable bonds is 11. The molecule has 3 rings (SSSR count). The molecule has 1 amide bonds. The molecule has 0 radical (unpaired) electrons. The zero-order valence-electron chi connectivity index (χ0n) is 25.9. The van der Waals surface area contributed by atoms with E-state index in [9.17, 15) is 9.59 Å². The highest BCUT2D eigenvalue weighted by Gasteiger charge is 2.32. The van der Waals surface area contributed by atoms with Gasteiger partial charge in [-0.15, -0.1) is 37.2 Å². The molecule has 8 nitrogen and oxygen atoms in total. The second kappa shape index (κ2) is 19.3. The number of nitrogens with zero attached hydrogens (tertiary/aromatic N) is 3. The van der Waals surface area contributed by atoms with Crippen molar-refractivity contribution in [3.05, 3.63) is 57.1 Å². The summed E-state index contributed by atoms with van der Waals surface area (Å²) >= 11 is 0. The van der Waals surface area contributed by atoms with Crippen molar-refractivity contribution in [3.63, 3.8) is 0 Å². The van der Waals surface area contributed by atoms with E-state index in [0.717, 1.165) is 80.1 Å². The van der Waals surface area contributed by atoms with Crippen molar-refractivity contribution in [2.45, 2.75) is 68.2 Å². The molecule has 0 spiro atoms. The van der Waals surface area contributed by atoms with Crippen LogP contribution in [0.25, 0.3) is 0 Å². The number of hydrogen-bond acceptors (Lipinski definition) is 7. The van der Waals surface area contributed by atoms with Gasteiger partial charge in [-0.25, -0.2) is 16.8 Å². The molecule has 0 atom stereocenters. The van der Waals surface area contributed by atoms with Gasteiger partial charge < -0.3 is 15.1 Å². The molecule has 0 saturated carbocycles. The van der Waals surface area contributed by atoms with E-state index in [0.29, 0.717) is 11.3 Å². The first-order chi connectivity index (χ1) is 18.0. The van der Waals surface area contributed by atoms with Gasteiger partial charge in [0.1, 0.15) is 0 Å². The average molecular weight is 634 g/mol. The number of nitrogens with one attached hydrogen (secondary N) is 1. The van der Waals surface area contributed by atoms with Gasteiger partial charge in [0, 0.05) is 13.1 Å². The Labute approximate surface area is 265 Å². The van der Waals surface area contributed by atoms with Crippen LogP contribution in [0.15, 0.2) is 18.2 Å². The van der Waals surface area contributed by atoms with Crippen LogP contribution in [-0.2, 0) is 17.6 Å². The summed E-state index contributed by atoms with van der Waals surface area (Å²) in [5, 5.41) is 3.86. The first-order valence-electron chi connectivity index (χ1n) is 13.8. The molecule has 1 aliphatic heterocycles. The lowest BCUT2D eigenvalue weighted by Crippen LogP contribution is -2.38. The van der Waals surface area contributed by atoms with Crippen molar-refractivity contribution < 1.29 is 9.59 Å². The third-order valence-corrected chi connectivity index (χ3v) is 7.68. The van der Waals surface area contributed by atoms with Crippen molar-refractivity contribution in [1.82, 2.24) is 9.80 Å². The van der Waals surface area contributed by atoms with Crippen LogP contribution in [-0.4, -0.2) is 60.8 Å². The number of anilines is 2. The summed E-state index contributed by atoms with van der Waals surface area (Å²) in [6.07, 6.45) is 1.98. The van der Waals surface area contributed by atoms with Gasteiger partial charge in [0.25, 0.3) is 11.7 Å². The monoisotopic (exact) mass is 632 g/mol. The van der Waals surface area contributed by atoms with Gasteiger partial charge in [0.2, 0.25) is 0 Å². The second-order valence-corrected chi connectivity index (χ2v) is 10.0. The molecule has 2 aromatic carbocycles. The minimum Gasteiger partial charge on any atom is -0.318 e. The summed E-state index contributed by atoms with van der Waals surface area (Å²) in [6, 6.07) is 6.35. The van der Waals surface area contributed by atoms with Crippen molar-refractivity contribution in [2.24, 2.45) is 11.7 Å². The minimum atomic E-state index is -0.507. The Morgan fingerprint density at radius 1 is 0.683 bits per heavy atom. The molecular weight excluding hydrogens is 583 g/mol. The van der Waals surface area contributed by atoms with Crippen LogP contribution in [0.2, 0.25) is 0 Å². The minimum absolute atomic E-state index is 0. The van der Waals surface area contributed by atoms with E-state index in [1.54, 1.807) is 0 Å². The van der Waals surface area contributed by atoms with Gasteiger partial charge in [-0.1, -0.05) is 39.8 Å². The van der Waals surface area contributed by atoms with Gasteiger partial charge in [-0.2, -0.15) is 0 Å². The number of likely N-dealkylation sites (N-methyl/N-ethyl adjacent to an activating group) is 2. The highest BCUT2D eigenvalue weighted by molar-refractivity contribution is 6.52. The van der Waals surface area contributed by atoms with E-state index in [1.807, 2.05) is 20.8 Å². The maximum atomic E-state index is 11.9. The lowest BCUT2D eigenvalue weighted by atomic mass is 9.94. The number of benzene rings is 2. The fourth-order valence-corrected chi connectivity index (χ4v) is 5.02. The molecule has 11 heteroatoms. The van der Waals surface area contributed by atoms with E-state index in [4.69, 9.17) is 11.7 Å². The molecule has 5 N–H and O–H groups in total. The number of ketones is 1. The van der Waals surface area contributed by atoms with Crippen LogP contribution in [0.4, 0.5) is 11.4 Å². The summed E-state index contributed by atoms with van der Waals surface area (Å²) < 4.78 is 0. The standard InChI is InChI=1S/C16H22N2O2.C14H26N4.3ClH/c1-5-18(6-2)8-7-12-9-10(3)14-13(11(12)4)15(19)16(20)17-14;1-5-17(6-2)8-7-13-9-12(4)14(18(15)16)10-11(13)3;;;/h9H,5-8H2,1-4H3,(H,17,19,20);9-10H,5-8,15-16H2,1-4H3;3*1H. The van der Waals surface area contributed by atoms with E-state index < -0.39 is 11.7 Å². The molecule has 41 heavy (non-hydrogen) atoms. The fourth-order valence-electron chi connectivity index (χ4n) is 5.02. The number of amides is 1. The SMILES string of the molecule is CCN(CC)CCc1cc(C)c(N(N)N)cc1C.CCN(CC)CCc1cc(C)c2c(c1C)C(=O)C(=O)N2.Cl.Cl.Cl. The van der Waals surface area contributed by atoms with E-state index in [2.05, 4.69) is 67.9 Å². The largest absolute Gasteiger partial charge is 0.318 e. The third-order valence-electron chi connectivity index (χ3n) is 7.68. The van der Waals surface area contributed by atoms with Crippen molar-refractivity contribution in [2.75, 3.05) is 49.7 Å². The Morgan fingerprint density at radius 3 is 1.61 bits per heavy atom. The molecule has 234 valence electrons. The number of carbonyl (C=O) groups excluding carboxylic acids is 2. The number of carbonyl (C=O) groups is 2. The number of Topliss-reactive ketones (excluding diaryl/α,β-unsaturated/α-hetero) is 1. The Balaban J connectivity index is 0. The molecule has 2 aromatic rings. The lowest BCUT2D eigenvalue weighted by molar-refractivity contribution is -0.112.